The van der Waals surface area contributed by atoms with Crippen LogP contribution in [-0.4, -0.2) is 31.0 Å². The van der Waals surface area contributed by atoms with Gasteiger partial charge in [-0.15, -0.1) is 0 Å². The standard InChI is InChI=1S/C16H23N3O2/c1-5-8-19-11-13(10-18-19)16(17-2)12-6-7-14(20-3)15(9-12)21-4/h6-7,9-11,16-17H,5,8H2,1-4H3. The summed E-state index contributed by atoms with van der Waals surface area (Å²) in [5, 5.41) is 7.73. The lowest BCUT2D eigenvalue weighted by molar-refractivity contribution is 0.354. The molecule has 1 N–H and O–H groups in total. The quantitative estimate of drug-likeness (QED) is 0.851. The Kier molecular flexibility index (Phi) is 5.22. The fourth-order valence-corrected chi connectivity index (χ4v) is 2.44. The molecule has 0 fully saturated rings. The first-order valence-corrected chi connectivity index (χ1v) is 7.15. The average Bonchev–Trinajstić information content (AvgIpc) is 2.96. The zero-order valence-electron chi connectivity index (χ0n) is 13.1. The fourth-order valence-electron chi connectivity index (χ4n) is 2.44. The van der Waals surface area contributed by atoms with Crippen molar-refractivity contribution in [1.29, 1.82) is 0 Å². The molecular weight excluding hydrogens is 266 g/mol. The van der Waals surface area contributed by atoms with Gasteiger partial charge in [0.1, 0.15) is 0 Å². The van der Waals surface area contributed by atoms with E-state index in [0.29, 0.717) is 0 Å². The van der Waals surface area contributed by atoms with Gasteiger partial charge in [0, 0.05) is 18.3 Å². The van der Waals surface area contributed by atoms with Crippen molar-refractivity contribution in [2.75, 3.05) is 21.3 Å². The third kappa shape index (κ3) is 3.36. The number of rotatable bonds is 7. The normalized spacial score (nSPS) is 12.2. The molecule has 0 radical (unpaired) electrons. The van der Waals surface area contributed by atoms with Gasteiger partial charge < -0.3 is 14.8 Å². The van der Waals surface area contributed by atoms with Crippen molar-refractivity contribution >= 4 is 0 Å². The number of aromatic nitrogens is 2. The number of methoxy groups -OCH3 is 2. The van der Waals surface area contributed by atoms with Crippen molar-refractivity contribution in [3.63, 3.8) is 0 Å². The van der Waals surface area contributed by atoms with Crippen LogP contribution in [0, 0.1) is 0 Å². The number of benzene rings is 1. The van der Waals surface area contributed by atoms with Crippen LogP contribution in [0.4, 0.5) is 0 Å². The van der Waals surface area contributed by atoms with Crippen LogP contribution in [0.1, 0.15) is 30.5 Å². The molecule has 0 aliphatic heterocycles. The Bertz CT molecular complexity index is 581. The van der Waals surface area contributed by atoms with Crippen LogP contribution in [0.2, 0.25) is 0 Å². The summed E-state index contributed by atoms with van der Waals surface area (Å²) in [7, 11) is 5.23. The highest BCUT2D eigenvalue weighted by Gasteiger charge is 2.16. The molecule has 0 saturated carbocycles. The van der Waals surface area contributed by atoms with Crippen molar-refractivity contribution < 1.29 is 9.47 Å². The van der Waals surface area contributed by atoms with Gasteiger partial charge in [-0.25, -0.2) is 0 Å². The molecule has 0 aliphatic rings. The van der Waals surface area contributed by atoms with Crippen LogP contribution < -0.4 is 14.8 Å². The second kappa shape index (κ2) is 7.13. The second-order valence-corrected chi connectivity index (χ2v) is 4.87. The topological polar surface area (TPSA) is 48.3 Å². The van der Waals surface area contributed by atoms with Crippen LogP contribution in [0.25, 0.3) is 0 Å². The van der Waals surface area contributed by atoms with Crippen LogP contribution in [0.3, 0.4) is 0 Å². The monoisotopic (exact) mass is 289 g/mol. The van der Waals surface area contributed by atoms with Crippen LogP contribution in [-0.2, 0) is 6.54 Å². The van der Waals surface area contributed by atoms with E-state index in [9.17, 15) is 0 Å². The number of ether oxygens (including phenoxy) is 2. The van der Waals surface area contributed by atoms with Gasteiger partial charge in [0.25, 0.3) is 0 Å². The van der Waals surface area contributed by atoms with Gasteiger partial charge in [-0.05, 0) is 31.2 Å². The number of nitrogens with one attached hydrogen (secondary N) is 1. The molecule has 1 atom stereocenters. The molecule has 0 spiro atoms. The first-order chi connectivity index (χ1) is 10.2. The number of aryl methyl sites for hydroxylation is 1. The minimum Gasteiger partial charge on any atom is -0.493 e. The van der Waals surface area contributed by atoms with Gasteiger partial charge in [0.15, 0.2) is 11.5 Å². The van der Waals surface area contributed by atoms with E-state index in [0.717, 1.165) is 35.6 Å². The van der Waals surface area contributed by atoms with Crippen LogP contribution in [0.5, 0.6) is 11.5 Å². The molecule has 1 aromatic carbocycles. The summed E-state index contributed by atoms with van der Waals surface area (Å²) in [6.07, 6.45) is 5.07. The first-order valence-electron chi connectivity index (χ1n) is 7.15. The first kappa shape index (κ1) is 15.4. The molecule has 5 nitrogen and oxygen atoms in total. The molecule has 114 valence electrons. The predicted molar refractivity (Wildman–Crippen MR) is 83.0 cm³/mol. The Morgan fingerprint density at radius 2 is 1.95 bits per heavy atom. The van der Waals surface area contributed by atoms with Crippen molar-refractivity contribution in [2.24, 2.45) is 0 Å². The summed E-state index contributed by atoms with van der Waals surface area (Å²) in [6, 6.07) is 6.04. The molecular formula is C16H23N3O2. The van der Waals surface area contributed by atoms with Crippen LogP contribution >= 0.6 is 0 Å². The number of nitrogens with zero attached hydrogens (tertiary/aromatic N) is 2. The summed E-state index contributed by atoms with van der Waals surface area (Å²) in [6.45, 7) is 3.08. The van der Waals surface area contributed by atoms with E-state index in [1.807, 2.05) is 36.1 Å². The highest BCUT2D eigenvalue weighted by Crippen LogP contribution is 2.31. The lowest BCUT2D eigenvalue weighted by atomic mass is 10.0. The highest BCUT2D eigenvalue weighted by atomic mass is 16.5. The molecule has 2 aromatic rings. The third-order valence-corrected chi connectivity index (χ3v) is 3.47. The third-order valence-electron chi connectivity index (χ3n) is 3.47. The summed E-state index contributed by atoms with van der Waals surface area (Å²) in [5.74, 6) is 1.47. The summed E-state index contributed by atoms with van der Waals surface area (Å²) in [5.41, 5.74) is 2.25. The Morgan fingerprint density at radius 1 is 1.19 bits per heavy atom. The maximum atomic E-state index is 5.38. The zero-order valence-corrected chi connectivity index (χ0v) is 13.1. The SMILES string of the molecule is CCCn1cc(C(NC)c2ccc(OC)c(OC)c2)cn1. The molecule has 5 heteroatoms. The number of hydrogen-bond donors (Lipinski definition) is 1. The molecule has 2 rings (SSSR count). The van der Waals surface area contributed by atoms with Crippen molar-refractivity contribution in [3.05, 3.63) is 41.7 Å². The fraction of sp³-hybridized carbons (Fsp3) is 0.438. The van der Waals surface area contributed by atoms with Crippen molar-refractivity contribution in [2.45, 2.75) is 25.9 Å². The van der Waals surface area contributed by atoms with Gasteiger partial charge in [-0.1, -0.05) is 13.0 Å². The van der Waals surface area contributed by atoms with E-state index in [1.54, 1.807) is 14.2 Å². The van der Waals surface area contributed by atoms with E-state index in [2.05, 4.69) is 23.5 Å². The Labute approximate surface area is 125 Å². The molecule has 21 heavy (non-hydrogen) atoms. The van der Waals surface area contributed by atoms with E-state index in [-0.39, 0.29) is 6.04 Å². The lowest BCUT2D eigenvalue weighted by Gasteiger charge is -2.17. The molecule has 1 aromatic heterocycles. The Morgan fingerprint density at radius 3 is 2.57 bits per heavy atom. The zero-order chi connectivity index (χ0) is 15.2. The Balaban J connectivity index is 2.31. The summed E-state index contributed by atoms with van der Waals surface area (Å²) in [4.78, 5) is 0. The summed E-state index contributed by atoms with van der Waals surface area (Å²) >= 11 is 0. The van der Waals surface area contributed by atoms with E-state index in [1.165, 1.54) is 0 Å². The van der Waals surface area contributed by atoms with Crippen molar-refractivity contribution in [3.8, 4) is 11.5 Å². The predicted octanol–water partition coefficient (Wildman–Crippen LogP) is 2.62. The van der Waals surface area contributed by atoms with Gasteiger partial charge in [-0.2, -0.15) is 5.10 Å². The molecule has 0 bridgehead atoms. The van der Waals surface area contributed by atoms with Gasteiger partial charge in [0.05, 0.1) is 26.5 Å². The van der Waals surface area contributed by atoms with Crippen molar-refractivity contribution in [1.82, 2.24) is 15.1 Å². The van der Waals surface area contributed by atoms with Crippen LogP contribution in [0.15, 0.2) is 30.6 Å². The van der Waals surface area contributed by atoms with E-state index < -0.39 is 0 Å². The smallest absolute Gasteiger partial charge is 0.161 e. The lowest BCUT2D eigenvalue weighted by Crippen LogP contribution is -2.17. The second-order valence-electron chi connectivity index (χ2n) is 4.87. The molecule has 0 saturated heterocycles. The minimum atomic E-state index is 0.0791. The molecule has 0 aliphatic carbocycles. The largest absolute Gasteiger partial charge is 0.493 e. The van der Waals surface area contributed by atoms with Gasteiger partial charge >= 0.3 is 0 Å². The molecule has 1 heterocycles. The number of hydrogen-bond acceptors (Lipinski definition) is 4. The highest BCUT2D eigenvalue weighted by molar-refractivity contribution is 5.45. The van der Waals surface area contributed by atoms with E-state index >= 15 is 0 Å². The maximum absolute atomic E-state index is 5.38. The van der Waals surface area contributed by atoms with E-state index in [4.69, 9.17) is 9.47 Å². The summed E-state index contributed by atoms with van der Waals surface area (Å²) < 4.78 is 12.6. The van der Waals surface area contributed by atoms with Gasteiger partial charge in [-0.3, -0.25) is 4.68 Å². The minimum absolute atomic E-state index is 0.0791. The Hall–Kier alpha value is -2.01. The maximum Gasteiger partial charge on any atom is 0.161 e. The molecule has 1 unspecified atom stereocenters. The van der Waals surface area contributed by atoms with Gasteiger partial charge in [0.2, 0.25) is 0 Å². The average molecular weight is 289 g/mol. The molecule has 0 amide bonds.